The van der Waals surface area contributed by atoms with Crippen molar-refractivity contribution in [3.63, 3.8) is 0 Å². The standard InChI is InChI=1S/C8H8BNO.2H2O/c1-10-8(11)6-2-4-7(9)5-3-6;;/h2-5H,1H3,(H,10,11);2*1H2/q+2;;/p-2. The van der Waals surface area contributed by atoms with E-state index in [1.807, 2.05) is 0 Å². The maximum Gasteiger partial charge on any atom is -0.870 e. The third kappa shape index (κ3) is 3.73. The van der Waals surface area contributed by atoms with Crippen molar-refractivity contribution in [1.29, 1.82) is 0 Å². The van der Waals surface area contributed by atoms with Gasteiger partial charge in [0.2, 0.25) is 0 Å². The van der Waals surface area contributed by atoms with E-state index in [9.17, 15) is 4.79 Å². The van der Waals surface area contributed by atoms with E-state index in [4.69, 9.17) is 7.85 Å². The van der Waals surface area contributed by atoms with E-state index in [1.54, 1.807) is 31.3 Å². The maximum absolute atomic E-state index is 11.0. The van der Waals surface area contributed by atoms with Gasteiger partial charge < -0.3 is 11.0 Å². The Labute approximate surface area is 78.0 Å². The Bertz CT molecular complexity index is 261. The molecule has 13 heavy (non-hydrogen) atoms. The molecule has 0 fully saturated rings. The van der Waals surface area contributed by atoms with Crippen LogP contribution in [0.2, 0.25) is 0 Å². The quantitative estimate of drug-likeness (QED) is 0.588. The Morgan fingerprint density at radius 1 is 1.23 bits per heavy atom. The molecule has 1 rings (SSSR count). The van der Waals surface area contributed by atoms with Crippen LogP contribution in [0, 0.1) is 0 Å². The van der Waals surface area contributed by atoms with Crippen LogP contribution in [0.1, 0.15) is 10.4 Å². The summed E-state index contributed by atoms with van der Waals surface area (Å²) in [6, 6.07) is 6.78. The zero-order valence-corrected chi connectivity index (χ0v) is 7.19. The van der Waals surface area contributed by atoms with Crippen LogP contribution in [-0.2, 0) is 0 Å². The second kappa shape index (κ2) is 6.22. The summed E-state index contributed by atoms with van der Waals surface area (Å²) in [6.07, 6.45) is 0. The number of rotatable bonds is 1. The van der Waals surface area contributed by atoms with Crippen molar-refractivity contribution in [2.75, 3.05) is 7.05 Å². The van der Waals surface area contributed by atoms with Crippen molar-refractivity contribution in [3.05, 3.63) is 29.8 Å². The summed E-state index contributed by atoms with van der Waals surface area (Å²) in [5, 5.41) is 2.52. The van der Waals surface area contributed by atoms with Gasteiger partial charge in [0.15, 0.2) is 0 Å². The van der Waals surface area contributed by atoms with Crippen LogP contribution in [-0.4, -0.2) is 31.8 Å². The van der Waals surface area contributed by atoms with E-state index < -0.39 is 0 Å². The first-order valence-corrected chi connectivity index (χ1v) is 3.31. The Balaban J connectivity index is 0. The molecule has 0 atom stereocenters. The molecule has 0 bridgehead atoms. The Hall–Kier alpha value is -1.33. The van der Waals surface area contributed by atoms with Gasteiger partial charge in [0, 0.05) is 0 Å². The first kappa shape index (κ1) is 14.2. The molecule has 0 aromatic heterocycles. The number of nitrogens with one attached hydrogen (secondary N) is 1. The van der Waals surface area contributed by atoms with Gasteiger partial charge in [0.1, 0.15) is 0 Å². The molecule has 5 heteroatoms. The third-order valence-electron chi connectivity index (χ3n) is 1.40. The summed E-state index contributed by atoms with van der Waals surface area (Å²) in [5.74, 6) is -0.0926. The van der Waals surface area contributed by atoms with Crippen LogP contribution < -0.4 is 10.8 Å². The number of carbonyl (C=O) groups is 1. The van der Waals surface area contributed by atoms with Gasteiger partial charge in [-0.05, 0) is 0 Å². The molecule has 0 unspecified atom stereocenters. The number of hydrogen-bond donors (Lipinski definition) is 1. The fourth-order valence-corrected chi connectivity index (χ4v) is 0.779. The monoisotopic (exact) mass is 179 g/mol. The van der Waals surface area contributed by atoms with E-state index in [-0.39, 0.29) is 16.9 Å². The minimum atomic E-state index is -0.0926. The summed E-state index contributed by atoms with van der Waals surface area (Å²) in [7, 11) is 7.03. The summed E-state index contributed by atoms with van der Waals surface area (Å²) >= 11 is 0. The smallest absolute Gasteiger partial charge is 0.870 e. The van der Waals surface area contributed by atoms with Crippen molar-refractivity contribution in [2.24, 2.45) is 0 Å². The van der Waals surface area contributed by atoms with Crippen LogP contribution in [0.3, 0.4) is 0 Å². The normalized spacial score (nSPS) is 7.92. The zero-order chi connectivity index (χ0) is 8.27. The molecule has 0 aliphatic rings. The second-order valence-electron chi connectivity index (χ2n) is 2.20. The van der Waals surface area contributed by atoms with Gasteiger partial charge in [-0.15, -0.1) is 0 Å². The summed E-state index contributed by atoms with van der Waals surface area (Å²) in [4.78, 5) is 11.0. The SMILES string of the molecule is [B+2]c1ccc(C(=O)NC)cc1.[OH-].[OH-]. The topological polar surface area (TPSA) is 89.1 Å². The summed E-state index contributed by atoms with van der Waals surface area (Å²) in [6.45, 7) is 0. The molecule has 1 aromatic rings. The number of amides is 1. The van der Waals surface area contributed by atoms with Crippen molar-refractivity contribution < 1.29 is 15.7 Å². The molecule has 0 aliphatic heterocycles. The van der Waals surface area contributed by atoms with E-state index in [1.165, 1.54) is 0 Å². The minimum Gasteiger partial charge on any atom is -0.870 e. The molecule has 0 aliphatic carbocycles. The molecule has 0 saturated carbocycles. The molecule has 0 heterocycles. The van der Waals surface area contributed by atoms with Crippen molar-refractivity contribution in [3.8, 4) is 0 Å². The van der Waals surface area contributed by atoms with E-state index in [0.29, 0.717) is 11.0 Å². The summed E-state index contributed by atoms with van der Waals surface area (Å²) in [5.41, 5.74) is 1.29. The summed E-state index contributed by atoms with van der Waals surface area (Å²) < 4.78 is 0. The molecular weight excluding hydrogens is 169 g/mol. The Kier molecular flexibility index (Phi) is 6.80. The van der Waals surface area contributed by atoms with Crippen LogP contribution in [0.5, 0.6) is 0 Å². The predicted molar refractivity (Wildman–Crippen MR) is 49.1 cm³/mol. The van der Waals surface area contributed by atoms with E-state index >= 15 is 0 Å². The number of benzene rings is 1. The van der Waals surface area contributed by atoms with Gasteiger partial charge in [-0.2, -0.15) is 0 Å². The first-order valence-electron chi connectivity index (χ1n) is 3.31. The van der Waals surface area contributed by atoms with Crippen LogP contribution in [0.4, 0.5) is 0 Å². The van der Waals surface area contributed by atoms with Crippen LogP contribution >= 0.6 is 0 Å². The van der Waals surface area contributed by atoms with Crippen molar-refractivity contribution >= 4 is 19.2 Å². The van der Waals surface area contributed by atoms with Gasteiger partial charge >= 0.3 is 66.2 Å². The first-order chi connectivity index (χ1) is 5.24. The molecular formula is C8H10BNO3. The molecule has 3 N–H and O–H groups in total. The Morgan fingerprint density at radius 2 is 1.69 bits per heavy atom. The molecule has 0 saturated heterocycles. The molecule has 0 radical (unpaired) electrons. The Morgan fingerprint density at radius 3 is 2.08 bits per heavy atom. The van der Waals surface area contributed by atoms with Crippen LogP contribution in [0.25, 0.3) is 0 Å². The molecule has 1 aromatic carbocycles. The van der Waals surface area contributed by atoms with E-state index in [2.05, 4.69) is 5.32 Å². The number of carbonyl (C=O) groups excluding carboxylic acids is 1. The second-order valence-corrected chi connectivity index (χ2v) is 2.20. The molecule has 68 valence electrons. The van der Waals surface area contributed by atoms with Crippen LogP contribution in [0.15, 0.2) is 24.3 Å². The molecule has 1 amide bonds. The van der Waals surface area contributed by atoms with Crippen molar-refractivity contribution in [1.82, 2.24) is 5.32 Å². The molecule has 4 nitrogen and oxygen atoms in total. The van der Waals surface area contributed by atoms with Gasteiger partial charge in [-0.1, -0.05) is 0 Å². The van der Waals surface area contributed by atoms with Gasteiger partial charge in [0.25, 0.3) is 0 Å². The fraction of sp³-hybridized carbons (Fsp3) is 0.125. The maximum atomic E-state index is 11.0. The molecule has 0 spiro atoms. The largest absolute Gasteiger partial charge is 0.870 e. The predicted octanol–water partition coefficient (Wildman–Crippen LogP) is -0.514. The van der Waals surface area contributed by atoms with Gasteiger partial charge in [-0.25, -0.2) is 0 Å². The average molecular weight is 179 g/mol. The fourth-order valence-electron chi connectivity index (χ4n) is 0.779. The number of hydrogen-bond acceptors (Lipinski definition) is 3. The minimum absolute atomic E-state index is 0. The van der Waals surface area contributed by atoms with E-state index in [0.717, 1.165) is 0 Å². The average Bonchev–Trinajstić information content (AvgIpc) is 2.05. The van der Waals surface area contributed by atoms with Gasteiger partial charge in [0.05, 0.1) is 0 Å². The third-order valence-corrected chi connectivity index (χ3v) is 1.40. The zero-order valence-electron chi connectivity index (χ0n) is 7.19. The van der Waals surface area contributed by atoms with Crippen molar-refractivity contribution in [2.45, 2.75) is 0 Å². The van der Waals surface area contributed by atoms with Gasteiger partial charge in [-0.3, -0.25) is 0 Å².